The minimum Gasteiger partial charge on any atom is -0.406 e. The molecule has 0 aliphatic carbocycles. The van der Waals surface area contributed by atoms with E-state index in [1.165, 1.54) is 24.3 Å². The maximum Gasteiger partial charge on any atom is 0.573 e. The normalized spacial score (nSPS) is 17.4. The molecule has 0 saturated carbocycles. The number of rotatable bonds is 5. The molecule has 0 aromatic heterocycles. The van der Waals surface area contributed by atoms with Crippen LogP contribution in [0, 0.1) is 11.8 Å². The van der Waals surface area contributed by atoms with Gasteiger partial charge in [0.2, 0.25) is 0 Å². The number of halogens is 3. The fraction of sp³-hybridized carbons (Fsp3) is 0.500. The van der Waals surface area contributed by atoms with E-state index in [1.807, 2.05) is 6.92 Å². The van der Waals surface area contributed by atoms with E-state index >= 15 is 0 Å². The van der Waals surface area contributed by atoms with E-state index in [9.17, 15) is 18.0 Å². The monoisotopic (exact) mass is 287 g/mol. The first-order valence-electron chi connectivity index (χ1n) is 6.43. The number of hydrogen-bond donors (Lipinski definition) is 1. The molecule has 0 spiro atoms. The lowest BCUT2D eigenvalue weighted by Gasteiger charge is -2.31. The SMILES string of the molecule is CC(C(=O)Cc1ccc(OC(F)(F)F)cc1)C1CNC1. The van der Waals surface area contributed by atoms with Crippen molar-refractivity contribution in [1.29, 1.82) is 0 Å². The molecule has 1 aromatic carbocycles. The molecule has 1 fully saturated rings. The summed E-state index contributed by atoms with van der Waals surface area (Å²) < 4.78 is 39.8. The van der Waals surface area contributed by atoms with Gasteiger partial charge in [-0.15, -0.1) is 13.2 Å². The first-order chi connectivity index (χ1) is 9.35. The second kappa shape index (κ2) is 5.83. The van der Waals surface area contributed by atoms with Crippen LogP contribution in [0.2, 0.25) is 0 Å². The smallest absolute Gasteiger partial charge is 0.406 e. The van der Waals surface area contributed by atoms with Crippen LogP contribution in [-0.2, 0) is 11.2 Å². The number of hydrogen-bond acceptors (Lipinski definition) is 3. The molecule has 110 valence electrons. The third-order valence-corrected chi connectivity index (χ3v) is 3.56. The molecular weight excluding hydrogens is 271 g/mol. The lowest BCUT2D eigenvalue weighted by Crippen LogP contribution is -2.47. The number of benzene rings is 1. The molecule has 0 bridgehead atoms. The lowest BCUT2D eigenvalue weighted by atomic mass is 9.84. The van der Waals surface area contributed by atoms with Crippen LogP contribution in [-0.4, -0.2) is 25.2 Å². The Balaban J connectivity index is 1.91. The number of nitrogens with one attached hydrogen (secondary N) is 1. The maximum absolute atomic E-state index is 12.0. The van der Waals surface area contributed by atoms with Gasteiger partial charge in [0.05, 0.1) is 0 Å². The zero-order chi connectivity index (χ0) is 14.8. The second-order valence-corrected chi connectivity index (χ2v) is 5.04. The molecule has 1 saturated heterocycles. The van der Waals surface area contributed by atoms with E-state index in [4.69, 9.17) is 0 Å². The fourth-order valence-electron chi connectivity index (χ4n) is 2.10. The summed E-state index contributed by atoms with van der Waals surface area (Å²) in [5.41, 5.74) is 0.698. The molecule has 20 heavy (non-hydrogen) atoms. The van der Waals surface area contributed by atoms with Gasteiger partial charge in [-0.3, -0.25) is 4.79 Å². The van der Waals surface area contributed by atoms with Crippen molar-refractivity contribution in [3.63, 3.8) is 0 Å². The molecule has 1 atom stereocenters. The summed E-state index contributed by atoms with van der Waals surface area (Å²) in [6.45, 7) is 3.60. The summed E-state index contributed by atoms with van der Waals surface area (Å²) in [6.07, 6.45) is -4.45. The van der Waals surface area contributed by atoms with Gasteiger partial charge in [-0.25, -0.2) is 0 Å². The van der Waals surface area contributed by atoms with Crippen molar-refractivity contribution in [1.82, 2.24) is 5.32 Å². The van der Waals surface area contributed by atoms with Crippen LogP contribution in [0.25, 0.3) is 0 Å². The summed E-state index contributed by atoms with van der Waals surface area (Å²) in [7, 11) is 0. The zero-order valence-electron chi connectivity index (χ0n) is 11.0. The number of ketones is 1. The number of alkyl halides is 3. The Labute approximate surface area is 115 Å². The summed E-state index contributed by atoms with van der Waals surface area (Å²) in [5, 5.41) is 3.11. The topological polar surface area (TPSA) is 38.3 Å². The molecule has 3 nitrogen and oxygen atoms in total. The molecule has 6 heteroatoms. The lowest BCUT2D eigenvalue weighted by molar-refractivity contribution is -0.274. The molecular formula is C14H16F3NO2. The van der Waals surface area contributed by atoms with Gasteiger partial charge in [-0.05, 0) is 36.7 Å². The van der Waals surface area contributed by atoms with E-state index in [0.29, 0.717) is 11.5 Å². The first kappa shape index (κ1) is 14.8. The van der Waals surface area contributed by atoms with Crippen molar-refractivity contribution < 1.29 is 22.7 Å². The highest BCUT2D eigenvalue weighted by atomic mass is 19.4. The predicted octanol–water partition coefficient (Wildman–Crippen LogP) is 2.55. The minimum absolute atomic E-state index is 0.0256. The van der Waals surface area contributed by atoms with Gasteiger partial charge < -0.3 is 10.1 Å². The Morgan fingerprint density at radius 2 is 1.95 bits per heavy atom. The predicted molar refractivity (Wildman–Crippen MR) is 67.4 cm³/mol. The van der Waals surface area contributed by atoms with E-state index in [0.717, 1.165) is 13.1 Å². The highest BCUT2D eigenvalue weighted by Gasteiger charge is 2.31. The quantitative estimate of drug-likeness (QED) is 0.904. The molecule has 1 aliphatic rings. The van der Waals surface area contributed by atoms with Crippen LogP contribution in [0.5, 0.6) is 5.75 Å². The van der Waals surface area contributed by atoms with Crippen LogP contribution in [0.1, 0.15) is 12.5 Å². The summed E-state index contributed by atoms with van der Waals surface area (Å²) in [4.78, 5) is 12.0. The standard InChI is InChI=1S/C14H16F3NO2/c1-9(11-7-18-8-11)13(19)6-10-2-4-12(5-3-10)20-14(15,16)17/h2-5,9,11,18H,6-8H2,1H3. The minimum atomic E-state index is -4.69. The average Bonchev–Trinajstić information content (AvgIpc) is 2.27. The van der Waals surface area contributed by atoms with Crippen LogP contribution in [0.4, 0.5) is 13.2 Å². The molecule has 1 aliphatic heterocycles. The van der Waals surface area contributed by atoms with Crippen molar-refractivity contribution in [3.05, 3.63) is 29.8 Å². The third kappa shape index (κ3) is 3.96. The Morgan fingerprint density at radius 1 is 1.35 bits per heavy atom. The molecule has 1 unspecified atom stereocenters. The van der Waals surface area contributed by atoms with Gasteiger partial charge in [0.1, 0.15) is 11.5 Å². The maximum atomic E-state index is 12.0. The summed E-state index contributed by atoms with van der Waals surface area (Å²) in [6, 6.07) is 5.44. The van der Waals surface area contributed by atoms with Crippen LogP contribution < -0.4 is 10.1 Å². The van der Waals surface area contributed by atoms with E-state index < -0.39 is 6.36 Å². The number of Topliss-reactive ketones (excluding diaryl/α,β-unsaturated/α-hetero) is 1. The Hall–Kier alpha value is -1.56. The van der Waals surface area contributed by atoms with E-state index in [1.54, 1.807) is 0 Å². The van der Waals surface area contributed by atoms with Gasteiger partial charge in [0.15, 0.2) is 0 Å². The van der Waals surface area contributed by atoms with Crippen LogP contribution in [0.15, 0.2) is 24.3 Å². The molecule has 1 N–H and O–H groups in total. The van der Waals surface area contributed by atoms with Crippen molar-refractivity contribution in [2.24, 2.45) is 11.8 Å². The van der Waals surface area contributed by atoms with Crippen LogP contribution >= 0.6 is 0 Å². The summed E-state index contributed by atoms with van der Waals surface area (Å²) >= 11 is 0. The third-order valence-electron chi connectivity index (χ3n) is 3.56. The molecule has 0 radical (unpaired) electrons. The van der Waals surface area contributed by atoms with Crippen molar-refractivity contribution in [2.45, 2.75) is 19.7 Å². The van der Waals surface area contributed by atoms with Gasteiger partial charge in [0, 0.05) is 12.3 Å². The molecule has 1 aromatic rings. The molecule has 0 amide bonds. The number of carbonyl (C=O) groups excluding carboxylic acids is 1. The average molecular weight is 287 g/mol. The molecule has 2 rings (SSSR count). The largest absolute Gasteiger partial charge is 0.573 e. The Bertz CT molecular complexity index is 466. The summed E-state index contributed by atoms with van der Waals surface area (Å²) in [5.74, 6) is 0.184. The van der Waals surface area contributed by atoms with Gasteiger partial charge in [0.25, 0.3) is 0 Å². The van der Waals surface area contributed by atoms with Gasteiger partial charge in [-0.1, -0.05) is 19.1 Å². The van der Waals surface area contributed by atoms with E-state index in [-0.39, 0.29) is 23.9 Å². The highest BCUT2D eigenvalue weighted by molar-refractivity contribution is 5.83. The first-order valence-corrected chi connectivity index (χ1v) is 6.43. The van der Waals surface area contributed by atoms with E-state index in [2.05, 4.69) is 10.1 Å². The highest BCUT2D eigenvalue weighted by Crippen LogP contribution is 2.24. The van der Waals surface area contributed by atoms with Gasteiger partial charge in [-0.2, -0.15) is 0 Å². The van der Waals surface area contributed by atoms with Crippen molar-refractivity contribution >= 4 is 5.78 Å². The Kier molecular flexibility index (Phi) is 4.32. The number of carbonyl (C=O) groups is 1. The fourth-order valence-corrected chi connectivity index (χ4v) is 2.10. The van der Waals surface area contributed by atoms with Crippen molar-refractivity contribution in [3.8, 4) is 5.75 Å². The zero-order valence-corrected chi connectivity index (χ0v) is 11.0. The molecule has 1 heterocycles. The van der Waals surface area contributed by atoms with Crippen molar-refractivity contribution in [2.75, 3.05) is 13.1 Å². The van der Waals surface area contributed by atoms with Gasteiger partial charge >= 0.3 is 6.36 Å². The Morgan fingerprint density at radius 3 is 2.40 bits per heavy atom. The van der Waals surface area contributed by atoms with Crippen LogP contribution in [0.3, 0.4) is 0 Å². The second-order valence-electron chi connectivity index (χ2n) is 5.04. The number of ether oxygens (including phenoxy) is 1.